The van der Waals surface area contributed by atoms with E-state index in [0.29, 0.717) is 35.1 Å². The van der Waals surface area contributed by atoms with Crippen molar-refractivity contribution in [3.63, 3.8) is 0 Å². The number of aromatic nitrogens is 2. The van der Waals surface area contributed by atoms with E-state index >= 15 is 4.39 Å². The molecular formula is C32H32F2N4O3S. The fraction of sp³-hybridized carbons (Fsp3) is 0.281. The van der Waals surface area contributed by atoms with Gasteiger partial charge >= 0.3 is 0 Å². The van der Waals surface area contributed by atoms with E-state index in [4.69, 9.17) is 9.84 Å². The number of carbonyl (C=O) groups is 2. The first-order chi connectivity index (χ1) is 20.4. The summed E-state index contributed by atoms with van der Waals surface area (Å²) in [5, 5.41) is 7.19. The van der Waals surface area contributed by atoms with E-state index < -0.39 is 16.9 Å². The molecule has 2 heterocycles. The fourth-order valence-corrected chi connectivity index (χ4v) is 6.21. The zero-order valence-electron chi connectivity index (χ0n) is 23.5. The summed E-state index contributed by atoms with van der Waals surface area (Å²) in [6.07, 6.45) is 2.84. The Morgan fingerprint density at radius 2 is 1.83 bits per heavy atom. The maximum Gasteiger partial charge on any atom is 0.240 e. The number of hydrogen-bond acceptors (Lipinski definition) is 5. The van der Waals surface area contributed by atoms with Gasteiger partial charge in [-0.15, -0.1) is 11.8 Å². The molecule has 0 radical (unpaired) electrons. The van der Waals surface area contributed by atoms with Crippen LogP contribution in [0.1, 0.15) is 42.6 Å². The van der Waals surface area contributed by atoms with Crippen LogP contribution in [0.4, 0.5) is 14.6 Å². The summed E-state index contributed by atoms with van der Waals surface area (Å²) in [5.74, 6) is -1.03. The predicted octanol–water partition coefficient (Wildman–Crippen LogP) is 6.30. The largest absolute Gasteiger partial charge is 0.497 e. The summed E-state index contributed by atoms with van der Waals surface area (Å²) < 4.78 is 36.3. The summed E-state index contributed by atoms with van der Waals surface area (Å²) >= 11 is 1.23. The summed E-state index contributed by atoms with van der Waals surface area (Å²) in [6, 6.07) is 20.0. The molecular weight excluding hydrogens is 558 g/mol. The lowest BCUT2D eigenvalue weighted by Crippen LogP contribution is -2.42. The monoisotopic (exact) mass is 590 g/mol. The zero-order valence-corrected chi connectivity index (χ0v) is 24.3. The van der Waals surface area contributed by atoms with Crippen molar-refractivity contribution in [3.05, 3.63) is 95.6 Å². The molecule has 1 aliphatic rings. The fourth-order valence-electron chi connectivity index (χ4n) is 4.99. The Morgan fingerprint density at radius 1 is 1.07 bits per heavy atom. The number of carbonyl (C=O) groups excluding carboxylic acids is 2. The molecule has 5 rings (SSSR count). The Labute approximate surface area is 247 Å². The highest BCUT2D eigenvalue weighted by atomic mass is 32.2. The van der Waals surface area contributed by atoms with Crippen molar-refractivity contribution in [2.24, 2.45) is 0 Å². The van der Waals surface area contributed by atoms with Gasteiger partial charge in [-0.1, -0.05) is 56.2 Å². The quantitative estimate of drug-likeness (QED) is 0.219. The van der Waals surface area contributed by atoms with Gasteiger partial charge < -0.3 is 10.1 Å². The van der Waals surface area contributed by atoms with Crippen LogP contribution < -0.4 is 15.0 Å². The van der Waals surface area contributed by atoms with Gasteiger partial charge in [0, 0.05) is 29.3 Å². The molecule has 2 amide bonds. The molecule has 0 fully saturated rings. The predicted molar refractivity (Wildman–Crippen MR) is 161 cm³/mol. The van der Waals surface area contributed by atoms with Crippen molar-refractivity contribution < 1.29 is 23.1 Å². The lowest BCUT2D eigenvalue weighted by molar-refractivity contribution is -0.122. The van der Waals surface area contributed by atoms with E-state index in [1.54, 1.807) is 36.1 Å². The third-order valence-electron chi connectivity index (χ3n) is 7.10. The molecule has 4 aromatic rings. The second kappa shape index (κ2) is 13.2. The molecule has 1 atom stereocenters. The number of thioether (sulfide) groups is 1. The van der Waals surface area contributed by atoms with Gasteiger partial charge in [0.05, 0.1) is 29.5 Å². The Balaban J connectivity index is 1.72. The number of hydrogen-bond donors (Lipinski definition) is 1. The Bertz CT molecular complexity index is 1560. The van der Waals surface area contributed by atoms with E-state index in [1.165, 1.54) is 28.8 Å². The maximum atomic E-state index is 15.4. The van der Waals surface area contributed by atoms with E-state index in [1.807, 2.05) is 30.3 Å². The van der Waals surface area contributed by atoms with Gasteiger partial charge in [0.15, 0.2) is 0 Å². The van der Waals surface area contributed by atoms with Gasteiger partial charge in [0.2, 0.25) is 11.8 Å². The van der Waals surface area contributed by atoms with E-state index in [0.717, 1.165) is 30.9 Å². The molecule has 1 aromatic heterocycles. The first-order valence-corrected chi connectivity index (χ1v) is 14.9. The number of methoxy groups -OCH3 is 1. The maximum absolute atomic E-state index is 15.4. The lowest BCUT2D eigenvalue weighted by Gasteiger charge is -2.23. The molecule has 1 N–H and O–H groups in total. The minimum atomic E-state index is -0.718. The highest BCUT2D eigenvalue weighted by molar-refractivity contribution is 8.00. The van der Waals surface area contributed by atoms with Crippen molar-refractivity contribution in [3.8, 4) is 22.7 Å². The van der Waals surface area contributed by atoms with Crippen LogP contribution in [0, 0.1) is 11.6 Å². The van der Waals surface area contributed by atoms with Crippen LogP contribution in [0.5, 0.6) is 5.75 Å². The molecule has 1 unspecified atom stereocenters. The van der Waals surface area contributed by atoms with Crippen molar-refractivity contribution in [2.75, 3.05) is 30.9 Å². The van der Waals surface area contributed by atoms with Crippen LogP contribution in [0.2, 0.25) is 0 Å². The van der Waals surface area contributed by atoms with Gasteiger partial charge in [-0.3, -0.25) is 14.5 Å². The molecule has 3 aromatic carbocycles. The number of fused-ring (bicyclic) bond motifs is 1. The van der Waals surface area contributed by atoms with Gasteiger partial charge in [0.1, 0.15) is 29.7 Å². The summed E-state index contributed by atoms with van der Waals surface area (Å²) in [4.78, 5) is 28.3. The second-order valence-electron chi connectivity index (χ2n) is 9.96. The zero-order chi connectivity index (χ0) is 29.6. The van der Waals surface area contributed by atoms with Crippen LogP contribution in [0.25, 0.3) is 16.9 Å². The number of ether oxygens (including phenoxy) is 1. The van der Waals surface area contributed by atoms with Gasteiger partial charge in [-0.25, -0.2) is 13.5 Å². The van der Waals surface area contributed by atoms with Gasteiger partial charge in [-0.05, 0) is 36.8 Å². The van der Waals surface area contributed by atoms with E-state index in [2.05, 4.69) is 12.2 Å². The topological polar surface area (TPSA) is 76.5 Å². The minimum Gasteiger partial charge on any atom is -0.497 e. The third-order valence-corrected chi connectivity index (χ3v) is 8.34. The van der Waals surface area contributed by atoms with Crippen LogP contribution in [-0.4, -0.2) is 47.5 Å². The molecule has 0 saturated carbocycles. The SMILES string of the molecule is CCCCCNC(=O)CN1C(=O)CSC(c2ccc(F)cc2F)c2c(-c3ccccc3)nn(-c3ccc(OC)cc3)c21. The Morgan fingerprint density at radius 3 is 2.52 bits per heavy atom. The molecule has 0 saturated heterocycles. The first-order valence-electron chi connectivity index (χ1n) is 13.9. The standard InChI is InChI=1S/C32H32F2N4O3S/c1-3-4-8-17-35-27(39)19-37-28(40)20-42-31(25-16-11-22(33)18-26(25)34)29-30(21-9-6-5-7-10-21)36-38(32(29)37)23-12-14-24(41-2)15-13-23/h5-7,9-16,18,31H,3-4,8,17,19-20H2,1-2H3,(H,35,39). The average Bonchev–Trinajstić information content (AvgIpc) is 3.33. The second-order valence-corrected chi connectivity index (χ2v) is 11.0. The minimum absolute atomic E-state index is 0.0177. The van der Waals surface area contributed by atoms with Crippen LogP contribution in [0.3, 0.4) is 0 Å². The summed E-state index contributed by atoms with van der Waals surface area (Å²) in [7, 11) is 1.57. The number of unbranched alkanes of at least 4 members (excludes halogenated alkanes) is 2. The molecule has 0 bridgehead atoms. The van der Waals surface area contributed by atoms with Crippen LogP contribution in [0.15, 0.2) is 72.8 Å². The molecule has 10 heteroatoms. The summed E-state index contributed by atoms with van der Waals surface area (Å²) in [6.45, 7) is 2.36. The normalized spacial score (nSPS) is 14.8. The summed E-state index contributed by atoms with van der Waals surface area (Å²) in [5.41, 5.74) is 2.71. The van der Waals surface area contributed by atoms with Crippen molar-refractivity contribution in [2.45, 2.75) is 31.4 Å². The third kappa shape index (κ3) is 6.18. The number of halogens is 2. The Kier molecular flexibility index (Phi) is 9.22. The van der Waals surface area contributed by atoms with E-state index in [9.17, 15) is 14.0 Å². The molecule has 7 nitrogen and oxygen atoms in total. The van der Waals surface area contributed by atoms with Crippen molar-refractivity contribution in [1.29, 1.82) is 0 Å². The van der Waals surface area contributed by atoms with E-state index in [-0.39, 0.29) is 29.7 Å². The van der Waals surface area contributed by atoms with Gasteiger partial charge in [-0.2, -0.15) is 5.10 Å². The number of rotatable bonds is 10. The number of amides is 2. The van der Waals surface area contributed by atoms with Crippen molar-refractivity contribution >= 4 is 29.4 Å². The number of nitrogens with one attached hydrogen (secondary N) is 1. The highest BCUT2D eigenvalue weighted by Crippen LogP contribution is 2.49. The highest BCUT2D eigenvalue weighted by Gasteiger charge is 2.38. The van der Waals surface area contributed by atoms with Crippen LogP contribution >= 0.6 is 11.8 Å². The molecule has 0 spiro atoms. The van der Waals surface area contributed by atoms with Crippen molar-refractivity contribution in [1.82, 2.24) is 15.1 Å². The number of anilines is 1. The number of benzene rings is 3. The number of nitrogens with zero attached hydrogens (tertiary/aromatic N) is 3. The molecule has 0 aliphatic carbocycles. The molecule has 1 aliphatic heterocycles. The lowest BCUT2D eigenvalue weighted by atomic mass is 9.99. The molecule has 42 heavy (non-hydrogen) atoms. The van der Waals surface area contributed by atoms with Crippen LogP contribution in [-0.2, 0) is 9.59 Å². The first kappa shape index (κ1) is 29.3. The average molecular weight is 591 g/mol. The Hall–Kier alpha value is -4.18. The molecule has 218 valence electrons. The smallest absolute Gasteiger partial charge is 0.240 e. The van der Waals surface area contributed by atoms with Gasteiger partial charge in [0.25, 0.3) is 0 Å².